The summed E-state index contributed by atoms with van der Waals surface area (Å²) < 4.78 is 23.0. The van der Waals surface area contributed by atoms with E-state index in [1.54, 1.807) is 49.6 Å². The number of nitrogens with one attached hydrogen (secondary N) is 1. The van der Waals surface area contributed by atoms with Crippen molar-refractivity contribution in [2.24, 2.45) is 0 Å². The molecule has 3 rings (SSSR count). The van der Waals surface area contributed by atoms with Crippen molar-refractivity contribution in [3.63, 3.8) is 0 Å². The smallest absolute Gasteiger partial charge is 0.262 e. The lowest BCUT2D eigenvalue weighted by molar-refractivity contribution is -0.117. The molecule has 0 aliphatic heterocycles. The summed E-state index contributed by atoms with van der Waals surface area (Å²) in [4.78, 5) is 12.8. The number of ether oxygens (including phenoxy) is 4. The molecule has 0 radical (unpaired) electrons. The number of benzene rings is 3. The summed E-state index contributed by atoms with van der Waals surface area (Å²) in [5, 5.41) is 13.1. The molecule has 0 bridgehead atoms. The summed E-state index contributed by atoms with van der Waals surface area (Å²) in [6.45, 7) is 2.76. The highest BCUT2D eigenvalue weighted by Gasteiger charge is 2.15. The first-order valence-electron chi connectivity index (χ1n) is 11.3. The molecule has 0 atom stereocenters. The number of nitriles is 1. The molecule has 0 saturated heterocycles. The lowest BCUT2D eigenvalue weighted by atomic mass is 10.1. The summed E-state index contributed by atoms with van der Waals surface area (Å²) >= 11 is 9.48. The Morgan fingerprint density at radius 2 is 1.81 bits per heavy atom. The van der Waals surface area contributed by atoms with Gasteiger partial charge in [-0.3, -0.25) is 4.79 Å². The fraction of sp³-hybridized carbons (Fsp3) is 0.214. The molecule has 0 unspecified atom stereocenters. The number of nitrogens with zero attached hydrogens (tertiary/aromatic N) is 1. The Hall–Kier alpha value is -3.67. The van der Waals surface area contributed by atoms with Gasteiger partial charge in [0.05, 0.1) is 25.3 Å². The molecule has 9 heteroatoms. The molecule has 0 aromatic heterocycles. The number of carbonyl (C=O) groups excluding carboxylic acids is 1. The molecular formula is C28H26BrClN2O5. The number of rotatable bonds is 11. The molecule has 0 saturated carbocycles. The van der Waals surface area contributed by atoms with Gasteiger partial charge in [0.2, 0.25) is 0 Å². The monoisotopic (exact) mass is 584 g/mol. The van der Waals surface area contributed by atoms with Crippen molar-refractivity contribution >= 4 is 39.5 Å². The highest BCUT2D eigenvalue weighted by atomic mass is 79.9. The van der Waals surface area contributed by atoms with Crippen molar-refractivity contribution in [1.82, 2.24) is 5.32 Å². The minimum absolute atomic E-state index is 0.0586. The molecule has 3 aromatic rings. The van der Waals surface area contributed by atoms with Crippen LogP contribution in [0.15, 0.2) is 64.6 Å². The summed E-state index contributed by atoms with van der Waals surface area (Å²) in [6.07, 6.45) is 1.50. The minimum Gasteiger partial charge on any atom is -0.497 e. The van der Waals surface area contributed by atoms with Crippen LogP contribution in [0.2, 0.25) is 5.02 Å². The second kappa shape index (κ2) is 13.6. The second-order valence-corrected chi connectivity index (χ2v) is 9.00. The fourth-order valence-corrected chi connectivity index (χ4v) is 4.09. The fourth-order valence-electron chi connectivity index (χ4n) is 3.39. The highest BCUT2D eigenvalue weighted by Crippen LogP contribution is 2.38. The van der Waals surface area contributed by atoms with Gasteiger partial charge in [0.25, 0.3) is 5.91 Å². The van der Waals surface area contributed by atoms with Crippen molar-refractivity contribution < 1.29 is 23.7 Å². The standard InChI is InChI=1S/C28H26BrClN2O5/c1-4-36-26-13-19(12-24(29)27(26)37-17-18-5-8-22(30)9-6-18)11-21(15-31)28(33)32-16-20-7-10-23(34-2)14-25(20)35-3/h5-14H,4,16-17H2,1-3H3,(H,32,33)/b21-11+. The molecule has 1 amide bonds. The van der Waals surface area contributed by atoms with Crippen LogP contribution in [0.4, 0.5) is 0 Å². The normalized spacial score (nSPS) is 10.9. The summed E-state index contributed by atoms with van der Waals surface area (Å²) in [5.41, 5.74) is 2.23. The molecule has 3 aromatic carbocycles. The Labute approximate surface area is 229 Å². The average Bonchev–Trinajstić information content (AvgIpc) is 2.90. The van der Waals surface area contributed by atoms with Crippen molar-refractivity contribution in [3.8, 4) is 29.1 Å². The van der Waals surface area contributed by atoms with Crippen LogP contribution in [-0.2, 0) is 17.9 Å². The second-order valence-electron chi connectivity index (χ2n) is 7.71. The number of methoxy groups -OCH3 is 2. The van der Waals surface area contributed by atoms with E-state index in [-0.39, 0.29) is 12.1 Å². The number of amides is 1. The third-order valence-electron chi connectivity index (χ3n) is 5.24. The molecule has 1 N–H and O–H groups in total. The van der Waals surface area contributed by atoms with E-state index in [0.29, 0.717) is 51.3 Å². The predicted octanol–water partition coefficient (Wildman–Crippen LogP) is 6.32. The topological polar surface area (TPSA) is 89.8 Å². The molecule has 0 aliphatic rings. The molecule has 7 nitrogen and oxygen atoms in total. The van der Waals surface area contributed by atoms with Crippen molar-refractivity contribution in [2.75, 3.05) is 20.8 Å². The van der Waals surface area contributed by atoms with Crippen molar-refractivity contribution in [2.45, 2.75) is 20.1 Å². The average molecular weight is 586 g/mol. The SMILES string of the molecule is CCOc1cc(/C=C(\C#N)C(=O)NCc2ccc(OC)cc2OC)cc(Br)c1OCc1ccc(Cl)cc1. The van der Waals surface area contributed by atoms with Crippen LogP contribution in [0, 0.1) is 11.3 Å². The highest BCUT2D eigenvalue weighted by molar-refractivity contribution is 9.10. The molecule has 0 spiro atoms. The molecular weight excluding hydrogens is 560 g/mol. The third kappa shape index (κ3) is 7.66. The van der Waals surface area contributed by atoms with E-state index < -0.39 is 5.91 Å². The van der Waals surface area contributed by atoms with Crippen LogP contribution < -0.4 is 24.3 Å². The first kappa shape index (κ1) is 27.9. The maximum atomic E-state index is 12.8. The lowest BCUT2D eigenvalue weighted by Crippen LogP contribution is -2.24. The van der Waals surface area contributed by atoms with Gasteiger partial charge in [0, 0.05) is 23.2 Å². The molecule has 0 aliphatic carbocycles. The molecule has 192 valence electrons. The van der Waals surface area contributed by atoms with E-state index in [9.17, 15) is 10.1 Å². The Bertz CT molecular complexity index is 1320. The summed E-state index contributed by atoms with van der Waals surface area (Å²) in [6, 6.07) is 18.1. The van der Waals surface area contributed by atoms with E-state index >= 15 is 0 Å². The molecule has 0 heterocycles. The molecule has 0 fully saturated rings. The minimum atomic E-state index is -0.516. The Balaban J connectivity index is 1.78. The number of carbonyl (C=O) groups is 1. The van der Waals surface area contributed by atoms with E-state index in [2.05, 4.69) is 21.2 Å². The third-order valence-corrected chi connectivity index (χ3v) is 6.08. The zero-order valence-electron chi connectivity index (χ0n) is 20.6. The Morgan fingerprint density at radius 1 is 1.05 bits per heavy atom. The van der Waals surface area contributed by atoms with Gasteiger partial charge < -0.3 is 24.3 Å². The van der Waals surface area contributed by atoms with Crippen LogP contribution in [-0.4, -0.2) is 26.7 Å². The van der Waals surface area contributed by atoms with E-state index in [1.165, 1.54) is 13.2 Å². The summed E-state index contributed by atoms with van der Waals surface area (Å²) in [7, 11) is 3.10. The van der Waals surface area contributed by atoms with Gasteiger partial charge in [-0.25, -0.2) is 0 Å². The van der Waals surface area contributed by atoms with Crippen LogP contribution >= 0.6 is 27.5 Å². The predicted molar refractivity (Wildman–Crippen MR) is 146 cm³/mol. The number of halogens is 2. The van der Waals surface area contributed by atoms with E-state index in [4.69, 9.17) is 30.5 Å². The number of hydrogen-bond donors (Lipinski definition) is 1. The van der Waals surface area contributed by atoms with Gasteiger partial charge in [-0.05, 0) is 76.5 Å². The largest absolute Gasteiger partial charge is 0.497 e. The maximum absolute atomic E-state index is 12.8. The van der Waals surface area contributed by atoms with Crippen LogP contribution in [0.1, 0.15) is 23.6 Å². The van der Waals surface area contributed by atoms with Gasteiger partial charge in [-0.15, -0.1) is 0 Å². The van der Waals surface area contributed by atoms with E-state index in [1.807, 2.05) is 25.1 Å². The van der Waals surface area contributed by atoms with Crippen molar-refractivity contribution in [3.05, 3.63) is 86.4 Å². The number of hydrogen-bond acceptors (Lipinski definition) is 6. The first-order valence-corrected chi connectivity index (χ1v) is 12.5. The maximum Gasteiger partial charge on any atom is 0.262 e. The van der Waals surface area contributed by atoms with Gasteiger partial charge >= 0.3 is 0 Å². The first-order chi connectivity index (χ1) is 17.9. The lowest BCUT2D eigenvalue weighted by Gasteiger charge is -2.15. The zero-order valence-corrected chi connectivity index (χ0v) is 23.0. The van der Waals surface area contributed by atoms with E-state index in [0.717, 1.165) is 11.1 Å². The van der Waals surface area contributed by atoms with Gasteiger partial charge in [0.15, 0.2) is 11.5 Å². The Morgan fingerprint density at radius 3 is 2.46 bits per heavy atom. The van der Waals surface area contributed by atoms with Gasteiger partial charge in [-0.2, -0.15) is 5.26 Å². The van der Waals surface area contributed by atoms with Gasteiger partial charge in [-0.1, -0.05) is 23.7 Å². The van der Waals surface area contributed by atoms with Crippen molar-refractivity contribution in [1.29, 1.82) is 5.26 Å². The Kier molecular flexibility index (Phi) is 10.2. The van der Waals surface area contributed by atoms with Gasteiger partial charge in [0.1, 0.15) is 29.7 Å². The van der Waals surface area contributed by atoms with Crippen LogP contribution in [0.5, 0.6) is 23.0 Å². The van der Waals surface area contributed by atoms with Crippen LogP contribution in [0.25, 0.3) is 6.08 Å². The molecule has 37 heavy (non-hydrogen) atoms. The zero-order chi connectivity index (χ0) is 26.8. The summed E-state index contributed by atoms with van der Waals surface area (Å²) in [5.74, 6) is 1.70. The quantitative estimate of drug-likeness (QED) is 0.209. The van der Waals surface area contributed by atoms with Crippen LogP contribution in [0.3, 0.4) is 0 Å².